The average Bonchev–Trinajstić information content (AvgIpc) is 3.45. The molecule has 0 aliphatic heterocycles. The Balaban J connectivity index is 1.30. The molecule has 0 spiro atoms. The zero-order valence-electron chi connectivity index (χ0n) is 27.9. The molecule has 1 aromatic heterocycles. The number of fused-ring (bicyclic) bond motifs is 6. The van der Waals surface area contributed by atoms with Crippen LogP contribution in [0.3, 0.4) is 0 Å². The first-order chi connectivity index (χ1) is 23.0. The Labute approximate surface area is 281 Å². The van der Waals surface area contributed by atoms with Crippen molar-refractivity contribution in [3.63, 3.8) is 0 Å². The number of benzene rings is 5. The van der Waals surface area contributed by atoms with Crippen LogP contribution in [0.4, 0.5) is 0 Å². The van der Waals surface area contributed by atoms with Crippen molar-refractivity contribution in [2.45, 2.75) is 52.4 Å². The van der Waals surface area contributed by atoms with Gasteiger partial charge in [0.1, 0.15) is 11.6 Å². The summed E-state index contributed by atoms with van der Waals surface area (Å²) in [4.78, 5) is 13.9. The molecule has 0 amide bonds. The van der Waals surface area contributed by atoms with E-state index in [9.17, 15) is 10.5 Å². The molecule has 6 aromatic rings. The maximum Gasteiger partial charge on any atom is 0.163 e. The van der Waals surface area contributed by atoms with Crippen LogP contribution in [0.25, 0.3) is 55.9 Å². The Morgan fingerprint density at radius 3 is 1.23 bits per heavy atom. The molecule has 0 saturated heterocycles. The lowest BCUT2D eigenvalue weighted by Gasteiger charge is -2.23. The van der Waals surface area contributed by atoms with E-state index in [0.29, 0.717) is 28.6 Å². The van der Waals surface area contributed by atoms with E-state index in [1.165, 1.54) is 44.5 Å². The number of rotatable bonds is 3. The third-order valence-corrected chi connectivity index (χ3v) is 10.3. The predicted molar refractivity (Wildman–Crippen MR) is 190 cm³/mol. The summed E-state index contributed by atoms with van der Waals surface area (Å²) < 4.78 is 0. The molecule has 2 aliphatic carbocycles. The first kappa shape index (κ1) is 29.5. The van der Waals surface area contributed by atoms with Crippen LogP contribution in [0.5, 0.6) is 0 Å². The van der Waals surface area contributed by atoms with Gasteiger partial charge >= 0.3 is 0 Å². The van der Waals surface area contributed by atoms with Gasteiger partial charge in [-0.05, 0) is 135 Å². The largest absolute Gasteiger partial charge is 0.219 e. The van der Waals surface area contributed by atoms with Crippen molar-refractivity contribution in [3.8, 4) is 68.0 Å². The van der Waals surface area contributed by atoms with E-state index >= 15 is 0 Å². The normalized spacial score (nSPS) is 14.3. The van der Waals surface area contributed by atoms with Gasteiger partial charge < -0.3 is 0 Å². The summed E-state index contributed by atoms with van der Waals surface area (Å²) in [6.07, 6.45) is 0. The highest BCUT2D eigenvalue weighted by molar-refractivity contribution is 5.88. The average molecular weight is 620 g/mol. The molecular formula is C43H33N5. The first-order valence-corrected chi connectivity index (χ1v) is 16.2. The van der Waals surface area contributed by atoms with E-state index < -0.39 is 0 Å². The van der Waals surface area contributed by atoms with E-state index in [0.717, 1.165) is 27.8 Å². The minimum atomic E-state index is -0.248. The number of aromatic nitrogens is 3. The predicted octanol–water partition coefficient (Wildman–Crippen LogP) is 9.85. The molecule has 5 heteroatoms. The van der Waals surface area contributed by atoms with Gasteiger partial charge in [0.05, 0.1) is 23.3 Å². The number of hydrogen-bond acceptors (Lipinski definition) is 5. The Hall–Kier alpha value is -5.91. The summed E-state index contributed by atoms with van der Waals surface area (Å²) in [7, 11) is 0. The Bertz CT molecular complexity index is 2290. The third kappa shape index (κ3) is 4.39. The zero-order valence-corrected chi connectivity index (χ0v) is 27.9. The molecule has 0 bridgehead atoms. The van der Waals surface area contributed by atoms with Gasteiger partial charge in [0.15, 0.2) is 5.82 Å². The highest BCUT2D eigenvalue weighted by Crippen LogP contribution is 2.52. The van der Waals surface area contributed by atoms with Crippen LogP contribution >= 0.6 is 0 Å². The van der Waals surface area contributed by atoms with Crippen LogP contribution in [-0.4, -0.2) is 15.0 Å². The van der Waals surface area contributed by atoms with Gasteiger partial charge in [-0.15, -0.1) is 0 Å². The highest BCUT2D eigenvalue weighted by atomic mass is 15.0. The molecular weight excluding hydrogens is 587 g/mol. The lowest BCUT2D eigenvalue weighted by atomic mass is 9.80. The van der Waals surface area contributed by atoms with Crippen molar-refractivity contribution in [1.82, 2.24) is 15.0 Å². The second-order valence-electron chi connectivity index (χ2n) is 14.1. The molecule has 1 heterocycles. The number of nitrogens with zero attached hydrogens (tertiary/aromatic N) is 5. The molecule has 230 valence electrons. The zero-order chi connectivity index (χ0) is 33.5. The van der Waals surface area contributed by atoms with Crippen LogP contribution in [0.15, 0.2) is 91.0 Å². The summed E-state index contributed by atoms with van der Waals surface area (Å²) in [6, 6.07) is 36.8. The van der Waals surface area contributed by atoms with Crippen LogP contribution < -0.4 is 0 Å². The van der Waals surface area contributed by atoms with Crippen LogP contribution in [0.2, 0.25) is 0 Å². The lowest BCUT2D eigenvalue weighted by Crippen LogP contribution is -2.15. The molecule has 2 aliphatic rings. The maximum absolute atomic E-state index is 9.59. The van der Waals surface area contributed by atoms with Crippen LogP contribution in [0.1, 0.15) is 72.7 Å². The van der Waals surface area contributed by atoms with Crippen molar-refractivity contribution < 1.29 is 0 Å². The molecule has 8 rings (SSSR count). The summed E-state index contributed by atoms with van der Waals surface area (Å²) >= 11 is 0. The van der Waals surface area contributed by atoms with Crippen molar-refractivity contribution >= 4 is 0 Å². The fourth-order valence-corrected chi connectivity index (χ4v) is 7.81. The fraction of sp³-hybridized carbons (Fsp3) is 0.186. The Morgan fingerprint density at radius 2 is 0.812 bits per heavy atom. The van der Waals surface area contributed by atoms with E-state index in [-0.39, 0.29) is 10.8 Å². The lowest BCUT2D eigenvalue weighted by molar-refractivity contribution is 0.660. The second-order valence-corrected chi connectivity index (χ2v) is 14.1. The van der Waals surface area contributed by atoms with Gasteiger partial charge in [-0.2, -0.15) is 10.5 Å². The Kier molecular flexibility index (Phi) is 6.33. The smallest absolute Gasteiger partial charge is 0.163 e. The summed E-state index contributed by atoms with van der Waals surface area (Å²) in [5.41, 5.74) is 15.8. The molecule has 0 fully saturated rings. The first-order valence-electron chi connectivity index (χ1n) is 16.2. The standard InChI is InChI=1S/C43H33N5/c1-24-46-25(2)48-41(47-24)32-18-30(28-9-13-35-33-11-7-26(22-44)15-37(33)42(3,4)39(35)20-28)17-31(19-32)29-10-14-36-34-12-8-27(23-45)16-38(34)43(5,6)40(36)21-29/h7-21H,1-6H3. The maximum atomic E-state index is 9.59. The summed E-state index contributed by atoms with van der Waals surface area (Å²) in [6.45, 7) is 12.8. The van der Waals surface area contributed by atoms with E-state index in [2.05, 4.69) is 112 Å². The van der Waals surface area contributed by atoms with Gasteiger partial charge in [0, 0.05) is 16.4 Å². The molecule has 0 saturated carbocycles. The minimum absolute atomic E-state index is 0.248. The van der Waals surface area contributed by atoms with E-state index in [1.54, 1.807) is 0 Å². The quantitative estimate of drug-likeness (QED) is 0.197. The third-order valence-electron chi connectivity index (χ3n) is 10.3. The van der Waals surface area contributed by atoms with Crippen molar-refractivity contribution in [2.75, 3.05) is 0 Å². The molecule has 0 N–H and O–H groups in total. The van der Waals surface area contributed by atoms with Crippen LogP contribution in [0, 0.1) is 36.5 Å². The minimum Gasteiger partial charge on any atom is -0.219 e. The number of nitriles is 2. The molecule has 5 nitrogen and oxygen atoms in total. The van der Waals surface area contributed by atoms with Gasteiger partial charge in [0.2, 0.25) is 0 Å². The number of aryl methyl sites for hydroxylation is 2. The Morgan fingerprint density at radius 1 is 0.438 bits per heavy atom. The van der Waals surface area contributed by atoms with Gasteiger partial charge in [-0.3, -0.25) is 0 Å². The highest BCUT2D eigenvalue weighted by Gasteiger charge is 2.37. The topological polar surface area (TPSA) is 86.2 Å². The summed E-state index contributed by atoms with van der Waals surface area (Å²) in [5, 5.41) is 19.2. The van der Waals surface area contributed by atoms with Crippen molar-refractivity contribution in [3.05, 3.63) is 136 Å². The molecule has 0 unspecified atom stereocenters. The van der Waals surface area contributed by atoms with Gasteiger partial charge in [-0.1, -0.05) is 64.1 Å². The monoisotopic (exact) mass is 619 g/mol. The molecule has 0 atom stereocenters. The second kappa shape index (κ2) is 10.3. The molecule has 0 radical (unpaired) electrons. The van der Waals surface area contributed by atoms with E-state index in [4.69, 9.17) is 9.97 Å². The van der Waals surface area contributed by atoms with Crippen molar-refractivity contribution in [2.24, 2.45) is 0 Å². The molecule has 5 aromatic carbocycles. The SMILES string of the molecule is Cc1nc(C)nc(-c2cc(-c3ccc4c(c3)C(C)(C)c3cc(C#N)ccc3-4)cc(-c3ccc4c(c3)C(C)(C)c3cc(C#N)ccc3-4)c2)n1. The summed E-state index contributed by atoms with van der Waals surface area (Å²) in [5.74, 6) is 2.03. The van der Waals surface area contributed by atoms with Crippen molar-refractivity contribution in [1.29, 1.82) is 10.5 Å². The molecule has 48 heavy (non-hydrogen) atoms. The fourth-order valence-electron chi connectivity index (χ4n) is 7.81. The number of hydrogen-bond donors (Lipinski definition) is 0. The van der Waals surface area contributed by atoms with Crippen LogP contribution in [-0.2, 0) is 10.8 Å². The van der Waals surface area contributed by atoms with Gasteiger partial charge in [-0.25, -0.2) is 15.0 Å². The van der Waals surface area contributed by atoms with E-state index in [1.807, 2.05) is 38.1 Å². The van der Waals surface area contributed by atoms with Gasteiger partial charge in [0.25, 0.3) is 0 Å².